The molecular weight excluding hydrogens is 495 g/mol. The van der Waals surface area contributed by atoms with Crippen molar-refractivity contribution in [1.29, 1.82) is 0 Å². The average Bonchev–Trinajstić information content (AvgIpc) is 3.38. The number of anilines is 2. The number of fused-ring (bicyclic) bond motifs is 1. The third kappa shape index (κ3) is 5.21. The molecule has 0 aliphatic carbocycles. The van der Waals surface area contributed by atoms with E-state index in [2.05, 4.69) is 25.4 Å². The summed E-state index contributed by atoms with van der Waals surface area (Å²) < 4.78 is 21.4. The average molecular weight is 517 g/mol. The van der Waals surface area contributed by atoms with Crippen LogP contribution in [-0.4, -0.2) is 48.3 Å². The van der Waals surface area contributed by atoms with Gasteiger partial charge in [0.1, 0.15) is 17.3 Å². The molecule has 3 heterocycles. The van der Waals surface area contributed by atoms with Gasteiger partial charge in [-0.25, -0.2) is 18.7 Å². The monoisotopic (exact) mass is 516 g/mol. The van der Waals surface area contributed by atoms with Gasteiger partial charge < -0.3 is 25.9 Å². The fraction of sp³-hybridized carbons (Fsp3) is 0.227. The van der Waals surface area contributed by atoms with Gasteiger partial charge in [-0.2, -0.15) is 9.61 Å². The van der Waals surface area contributed by atoms with E-state index >= 15 is 0 Å². The van der Waals surface area contributed by atoms with Crippen LogP contribution in [0.1, 0.15) is 19.0 Å². The SMILES string of the molecule is CCCN=c1cc(Nc2cc(Cl)ccc2F)nc2c(=Cc3[nH]c(=O)n(COC(=O)CN)c3O)cnn12. The lowest BCUT2D eigenvalue weighted by Gasteiger charge is -2.08. The van der Waals surface area contributed by atoms with Gasteiger partial charge in [-0.15, -0.1) is 0 Å². The first-order valence-corrected chi connectivity index (χ1v) is 11.2. The molecule has 188 valence electrons. The van der Waals surface area contributed by atoms with Crippen molar-refractivity contribution in [3.8, 4) is 5.88 Å². The molecule has 0 unspecified atom stereocenters. The van der Waals surface area contributed by atoms with Gasteiger partial charge in [-0.3, -0.25) is 9.79 Å². The number of rotatable bonds is 8. The highest BCUT2D eigenvalue weighted by Crippen LogP contribution is 2.22. The van der Waals surface area contributed by atoms with Crippen LogP contribution in [0.2, 0.25) is 5.02 Å². The number of esters is 1. The summed E-state index contributed by atoms with van der Waals surface area (Å²) in [6.07, 6.45) is 3.70. The number of imidazole rings is 1. The maximum atomic E-state index is 14.3. The molecule has 12 nitrogen and oxygen atoms in total. The first kappa shape index (κ1) is 24.9. The van der Waals surface area contributed by atoms with Gasteiger partial charge in [0.05, 0.1) is 18.4 Å². The topological polar surface area (TPSA) is 165 Å². The second-order valence-corrected chi connectivity index (χ2v) is 7.99. The van der Waals surface area contributed by atoms with Crippen molar-refractivity contribution in [2.75, 3.05) is 18.4 Å². The van der Waals surface area contributed by atoms with E-state index in [-0.39, 0.29) is 23.7 Å². The van der Waals surface area contributed by atoms with Crippen molar-refractivity contribution in [3.05, 3.63) is 68.2 Å². The second-order valence-electron chi connectivity index (χ2n) is 7.56. The van der Waals surface area contributed by atoms with E-state index < -0.39 is 30.1 Å². The van der Waals surface area contributed by atoms with Crippen LogP contribution < -0.4 is 27.4 Å². The Labute approximate surface area is 207 Å². The molecule has 0 aliphatic rings. The lowest BCUT2D eigenvalue weighted by Crippen LogP contribution is -2.23. The van der Waals surface area contributed by atoms with Crippen LogP contribution in [0.3, 0.4) is 0 Å². The van der Waals surface area contributed by atoms with E-state index in [1.165, 1.54) is 35.0 Å². The van der Waals surface area contributed by atoms with Gasteiger partial charge in [0.15, 0.2) is 17.9 Å². The highest BCUT2D eigenvalue weighted by atomic mass is 35.5. The number of aromatic hydroxyl groups is 1. The lowest BCUT2D eigenvalue weighted by molar-refractivity contribution is -0.145. The molecule has 3 aromatic heterocycles. The minimum atomic E-state index is -0.737. The molecular formula is C22H22ClFN8O4. The number of nitrogens with zero attached hydrogens (tertiary/aromatic N) is 5. The predicted octanol–water partition coefficient (Wildman–Crippen LogP) is 0.779. The number of hydrogen-bond donors (Lipinski definition) is 4. The van der Waals surface area contributed by atoms with E-state index in [9.17, 15) is 19.1 Å². The summed E-state index contributed by atoms with van der Waals surface area (Å²) in [7, 11) is 0. The fourth-order valence-electron chi connectivity index (χ4n) is 3.25. The molecule has 0 aliphatic heterocycles. The quantitative estimate of drug-likeness (QED) is 0.249. The Morgan fingerprint density at radius 1 is 1.42 bits per heavy atom. The van der Waals surface area contributed by atoms with Crippen molar-refractivity contribution >= 4 is 40.8 Å². The standard InChI is InChI=1S/C22H22ClFN8O4/c1-2-5-26-18-8-17(28-15-7-13(23)3-4-14(15)24)30-20-12(10-27-32(18)20)6-16-21(34)31(22(35)29-16)11-36-19(33)9-25/h3-4,6-8,10,28,34H,2,5,9,11,25H2,1H3,(H,29,35). The predicted molar refractivity (Wildman–Crippen MR) is 129 cm³/mol. The first-order valence-electron chi connectivity index (χ1n) is 10.8. The summed E-state index contributed by atoms with van der Waals surface area (Å²) in [5, 5.41) is 18.5. The molecule has 5 N–H and O–H groups in total. The number of benzene rings is 1. The zero-order valence-electron chi connectivity index (χ0n) is 19.0. The van der Waals surface area contributed by atoms with E-state index in [0.29, 0.717) is 27.9 Å². The molecule has 4 aromatic rings. The molecule has 0 radical (unpaired) electrons. The number of nitrogens with two attached hydrogens (primary N) is 1. The van der Waals surface area contributed by atoms with Crippen molar-refractivity contribution in [1.82, 2.24) is 24.1 Å². The third-order valence-electron chi connectivity index (χ3n) is 4.97. The fourth-order valence-corrected chi connectivity index (χ4v) is 3.42. The number of aromatic amines is 1. The van der Waals surface area contributed by atoms with Gasteiger partial charge >= 0.3 is 11.7 Å². The zero-order chi connectivity index (χ0) is 25.8. The largest absolute Gasteiger partial charge is 0.493 e. The normalized spacial score (nSPS) is 12.4. The Hall–Kier alpha value is -4.23. The van der Waals surface area contributed by atoms with Crippen molar-refractivity contribution in [2.45, 2.75) is 20.1 Å². The molecule has 0 atom stereocenters. The van der Waals surface area contributed by atoms with E-state index in [0.717, 1.165) is 11.0 Å². The van der Waals surface area contributed by atoms with E-state index in [1.54, 1.807) is 6.07 Å². The summed E-state index contributed by atoms with van der Waals surface area (Å²) in [6.45, 7) is 1.60. The van der Waals surface area contributed by atoms with Gasteiger partial charge in [0, 0.05) is 22.9 Å². The molecule has 0 saturated carbocycles. The smallest absolute Gasteiger partial charge is 0.331 e. The summed E-state index contributed by atoms with van der Waals surface area (Å²) >= 11 is 6.00. The van der Waals surface area contributed by atoms with Gasteiger partial charge in [-0.1, -0.05) is 18.5 Å². The minimum absolute atomic E-state index is 0.0341. The molecule has 14 heteroatoms. The Morgan fingerprint density at radius 3 is 2.97 bits per heavy atom. The number of ether oxygens (including phenoxy) is 1. The van der Waals surface area contributed by atoms with Crippen LogP contribution in [-0.2, 0) is 16.3 Å². The van der Waals surface area contributed by atoms with Crippen molar-refractivity contribution in [3.63, 3.8) is 0 Å². The number of aromatic nitrogens is 5. The number of hydrogen-bond acceptors (Lipinski definition) is 9. The Kier molecular flexibility index (Phi) is 7.31. The molecule has 0 bridgehead atoms. The van der Waals surface area contributed by atoms with E-state index in [4.69, 9.17) is 22.1 Å². The van der Waals surface area contributed by atoms with Gasteiger partial charge in [0.2, 0.25) is 5.88 Å². The Balaban J connectivity index is 1.82. The number of carbonyl (C=O) groups is 1. The van der Waals surface area contributed by atoms with Crippen molar-refractivity contribution < 1.29 is 19.0 Å². The van der Waals surface area contributed by atoms with Crippen LogP contribution in [0.25, 0.3) is 11.7 Å². The van der Waals surface area contributed by atoms with Crippen LogP contribution in [0.5, 0.6) is 5.88 Å². The highest BCUT2D eigenvalue weighted by molar-refractivity contribution is 6.30. The van der Waals surface area contributed by atoms with E-state index in [1.807, 2.05) is 6.92 Å². The number of carbonyl (C=O) groups excluding carboxylic acids is 1. The third-order valence-corrected chi connectivity index (χ3v) is 5.21. The summed E-state index contributed by atoms with van der Waals surface area (Å²) in [5.41, 5.74) is 5.41. The Morgan fingerprint density at radius 2 is 2.22 bits per heavy atom. The molecule has 0 spiro atoms. The van der Waals surface area contributed by atoms with Crippen LogP contribution >= 0.6 is 11.6 Å². The molecule has 0 amide bonds. The van der Waals surface area contributed by atoms with Crippen LogP contribution in [0, 0.1) is 5.82 Å². The lowest BCUT2D eigenvalue weighted by atomic mass is 10.3. The Bertz CT molecular complexity index is 1610. The number of H-pyrrole nitrogens is 1. The van der Waals surface area contributed by atoms with Crippen LogP contribution in [0.15, 0.2) is 40.2 Å². The van der Waals surface area contributed by atoms with Crippen molar-refractivity contribution in [2.24, 2.45) is 10.7 Å². The summed E-state index contributed by atoms with van der Waals surface area (Å²) in [5.74, 6) is -1.44. The molecule has 0 fully saturated rings. The zero-order valence-corrected chi connectivity index (χ0v) is 19.8. The van der Waals surface area contributed by atoms with Crippen LogP contribution in [0.4, 0.5) is 15.9 Å². The maximum absolute atomic E-state index is 14.3. The summed E-state index contributed by atoms with van der Waals surface area (Å²) in [6, 6.07) is 5.71. The first-order chi connectivity index (χ1) is 17.3. The minimum Gasteiger partial charge on any atom is -0.493 e. The maximum Gasteiger partial charge on any atom is 0.331 e. The summed E-state index contributed by atoms with van der Waals surface area (Å²) in [4.78, 5) is 35.1. The number of halogens is 2. The molecule has 0 saturated heterocycles. The second kappa shape index (κ2) is 10.6. The molecule has 36 heavy (non-hydrogen) atoms. The highest BCUT2D eigenvalue weighted by Gasteiger charge is 2.14. The molecule has 1 aromatic carbocycles. The van der Waals surface area contributed by atoms with Gasteiger partial charge in [-0.05, 0) is 30.7 Å². The number of nitrogens with one attached hydrogen (secondary N) is 2. The van der Waals surface area contributed by atoms with Gasteiger partial charge in [0.25, 0.3) is 0 Å². The molecule has 4 rings (SSSR count).